The Morgan fingerprint density at radius 1 is 1.03 bits per heavy atom. The van der Waals surface area contributed by atoms with Gasteiger partial charge >= 0.3 is 0 Å². The number of ether oxygens (including phenoxy) is 3. The van der Waals surface area contributed by atoms with Gasteiger partial charge in [-0.05, 0) is 37.3 Å². The number of rotatable bonds is 4. The van der Waals surface area contributed by atoms with Gasteiger partial charge in [-0.25, -0.2) is 5.01 Å². The molecule has 0 spiro atoms. The first-order valence-electron chi connectivity index (χ1n) is 10.2. The lowest BCUT2D eigenvalue weighted by Gasteiger charge is -2.38. The smallest absolute Gasteiger partial charge is 0.214 e. The molecule has 31 heavy (non-hydrogen) atoms. The number of para-hydroxylation sites is 1. The van der Waals surface area contributed by atoms with Crippen molar-refractivity contribution in [2.75, 3.05) is 14.2 Å². The zero-order chi connectivity index (χ0) is 21.5. The maximum absolute atomic E-state index is 10.5. The molecule has 2 heterocycles. The van der Waals surface area contributed by atoms with Crippen molar-refractivity contribution >= 4 is 5.71 Å². The molecule has 5 rings (SSSR count). The Bertz CT molecular complexity index is 1170. The molecule has 0 bridgehead atoms. The highest BCUT2D eigenvalue weighted by Crippen LogP contribution is 2.51. The van der Waals surface area contributed by atoms with Gasteiger partial charge in [-0.1, -0.05) is 35.9 Å². The maximum atomic E-state index is 10.5. The fourth-order valence-electron chi connectivity index (χ4n) is 4.30. The third-order valence-electron chi connectivity index (χ3n) is 5.84. The summed E-state index contributed by atoms with van der Waals surface area (Å²) < 4.78 is 17.5. The minimum absolute atomic E-state index is 0.0371. The molecule has 0 fully saturated rings. The normalized spacial score (nSPS) is 19.2. The lowest BCUT2D eigenvalue weighted by atomic mass is 9.94. The van der Waals surface area contributed by atoms with E-state index in [2.05, 4.69) is 0 Å². The lowest BCUT2D eigenvalue weighted by molar-refractivity contribution is -0.0210. The molecule has 158 valence electrons. The molecule has 2 aliphatic rings. The van der Waals surface area contributed by atoms with Crippen molar-refractivity contribution in [3.05, 3.63) is 82.9 Å². The van der Waals surface area contributed by atoms with Crippen molar-refractivity contribution in [1.82, 2.24) is 5.01 Å². The van der Waals surface area contributed by atoms with E-state index in [4.69, 9.17) is 19.3 Å². The van der Waals surface area contributed by atoms with E-state index in [-0.39, 0.29) is 11.8 Å². The van der Waals surface area contributed by atoms with E-state index < -0.39 is 6.23 Å². The minimum atomic E-state index is -0.451. The summed E-state index contributed by atoms with van der Waals surface area (Å²) in [6, 6.07) is 19.3. The summed E-state index contributed by atoms with van der Waals surface area (Å²) in [5.74, 6) is 2.40. The van der Waals surface area contributed by atoms with E-state index in [0.717, 1.165) is 39.5 Å². The van der Waals surface area contributed by atoms with Crippen LogP contribution < -0.4 is 14.2 Å². The van der Waals surface area contributed by atoms with Crippen LogP contribution in [0.4, 0.5) is 0 Å². The number of methoxy groups -OCH3 is 2. The summed E-state index contributed by atoms with van der Waals surface area (Å²) in [4.78, 5) is 0. The summed E-state index contributed by atoms with van der Waals surface area (Å²) >= 11 is 0. The van der Waals surface area contributed by atoms with Crippen LogP contribution in [-0.4, -0.2) is 30.0 Å². The van der Waals surface area contributed by atoms with Crippen LogP contribution in [0.3, 0.4) is 0 Å². The van der Waals surface area contributed by atoms with Gasteiger partial charge in [0.25, 0.3) is 0 Å². The monoisotopic (exact) mass is 416 g/mol. The highest BCUT2D eigenvalue weighted by molar-refractivity contribution is 6.04. The molecule has 1 N–H and O–H groups in total. The molecule has 3 aromatic carbocycles. The van der Waals surface area contributed by atoms with E-state index in [0.29, 0.717) is 12.2 Å². The van der Waals surface area contributed by atoms with Crippen LogP contribution in [0.25, 0.3) is 0 Å². The molecule has 6 heteroatoms. The van der Waals surface area contributed by atoms with Crippen LogP contribution in [0, 0.1) is 6.92 Å². The molecule has 0 saturated heterocycles. The summed E-state index contributed by atoms with van der Waals surface area (Å²) in [5.41, 5.74) is 4.61. The fraction of sp³-hybridized carbons (Fsp3) is 0.240. The second-order valence-electron chi connectivity index (χ2n) is 7.79. The quantitative estimate of drug-likeness (QED) is 0.651. The molecule has 2 aliphatic heterocycles. The Labute approximate surface area is 181 Å². The molecular formula is C25H24N2O4. The largest absolute Gasteiger partial charge is 0.507 e. The Kier molecular flexibility index (Phi) is 4.70. The molecule has 0 saturated carbocycles. The first kappa shape index (κ1) is 19.3. The zero-order valence-electron chi connectivity index (χ0n) is 17.7. The van der Waals surface area contributed by atoms with E-state index in [1.807, 2.05) is 66.5 Å². The predicted molar refractivity (Wildman–Crippen MR) is 118 cm³/mol. The van der Waals surface area contributed by atoms with Gasteiger partial charge in [0, 0.05) is 23.1 Å². The number of hydrazone groups is 1. The number of benzene rings is 3. The fourth-order valence-corrected chi connectivity index (χ4v) is 4.30. The molecule has 0 radical (unpaired) electrons. The molecule has 0 unspecified atom stereocenters. The summed E-state index contributed by atoms with van der Waals surface area (Å²) in [5, 5.41) is 17.4. The van der Waals surface area contributed by atoms with E-state index in [1.54, 1.807) is 20.3 Å². The van der Waals surface area contributed by atoms with Crippen LogP contribution in [0.1, 0.15) is 40.9 Å². The van der Waals surface area contributed by atoms with Gasteiger partial charge in [-0.3, -0.25) is 0 Å². The Hall–Kier alpha value is -3.67. The first-order valence-corrected chi connectivity index (χ1v) is 10.2. The molecule has 6 nitrogen and oxygen atoms in total. The lowest BCUT2D eigenvalue weighted by Crippen LogP contribution is -2.33. The molecule has 0 amide bonds. The Morgan fingerprint density at radius 2 is 1.87 bits per heavy atom. The predicted octanol–water partition coefficient (Wildman–Crippen LogP) is 4.96. The molecule has 3 aromatic rings. The van der Waals surface area contributed by atoms with Crippen molar-refractivity contribution in [1.29, 1.82) is 0 Å². The second kappa shape index (κ2) is 7.54. The SMILES string of the molecule is COc1cccc([C@H]2Oc3c(OC)cccc3[C@H]3CC(c4cc(C)ccc4O)=NN32)c1. The average Bonchev–Trinajstić information content (AvgIpc) is 3.25. The Morgan fingerprint density at radius 3 is 2.68 bits per heavy atom. The van der Waals surface area contributed by atoms with Gasteiger partial charge in [-0.15, -0.1) is 0 Å². The number of fused-ring (bicyclic) bond motifs is 3. The van der Waals surface area contributed by atoms with Gasteiger partial charge in [0.2, 0.25) is 6.23 Å². The summed E-state index contributed by atoms with van der Waals surface area (Å²) in [6.45, 7) is 2.01. The maximum Gasteiger partial charge on any atom is 0.214 e. The van der Waals surface area contributed by atoms with Gasteiger partial charge in [0.05, 0.1) is 26.0 Å². The number of phenols is 1. The summed E-state index contributed by atoms with van der Waals surface area (Å²) in [7, 11) is 3.29. The number of phenolic OH excluding ortho intramolecular Hbond substituents is 1. The molecular weight excluding hydrogens is 392 g/mol. The van der Waals surface area contributed by atoms with Gasteiger partial charge < -0.3 is 19.3 Å². The third kappa shape index (κ3) is 3.24. The van der Waals surface area contributed by atoms with Crippen molar-refractivity contribution in [2.24, 2.45) is 5.10 Å². The highest BCUT2D eigenvalue weighted by atomic mass is 16.5. The van der Waals surface area contributed by atoms with Crippen molar-refractivity contribution in [2.45, 2.75) is 25.6 Å². The number of nitrogens with zero attached hydrogens (tertiary/aromatic N) is 2. The van der Waals surface area contributed by atoms with Gasteiger partial charge in [0.15, 0.2) is 11.5 Å². The van der Waals surface area contributed by atoms with Crippen molar-refractivity contribution in [3.63, 3.8) is 0 Å². The van der Waals surface area contributed by atoms with Crippen LogP contribution in [0.5, 0.6) is 23.0 Å². The molecule has 0 aromatic heterocycles. The van der Waals surface area contributed by atoms with E-state index >= 15 is 0 Å². The minimum Gasteiger partial charge on any atom is -0.507 e. The standard InChI is InChI=1S/C25H24N2O4/c1-15-10-11-22(28)19(12-15)20-14-21-18-8-5-9-23(30-3)24(18)31-25(27(21)26-20)16-6-4-7-17(13-16)29-2/h4-13,21,25,28H,14H2,1-3H3/t21-,25-/m1/s1. The van der Waals surface area contributed by atoms with E-state index in [9.17, 15) is 5.11 Å². The van der Waals surface area contributed by atoms with Crippen LogP contribution in [-0.2, 0) is 0 Å². The molecule has 0 aliphatic carbocycles. The number of hydrogen-bond donors (Lipinski definition) is 1. The number of aromatic hydroxyl groups is 1. The van der Waals surface area contributed by atoms with Crippen molar-refractivity contribution in [3.8, 4) is 23.0 Å². The van der Waals surface area contributed by atoms with Crippen LogP contribution in [0.15, 0.2) is 65.8 Å². The Balaban J connectivity index is 1.64. The molecule has 2 atom stereocenters. The zero-order valence-corrected chi connectivity index (χ0v) is 17.7. The summed E-state index contributed by atoms with van der Waals surface area (Å²) in [6.07, 6.45) is 0.203. The van der Waals surface area contributed by atoms with Crippen LogP contribution in [0.2, 0.25) is 0 Å². The van der Waals surface area contributed by atoms with Gasteiger partial charge in [0.1, 0.15) is 11.5 Å². The first-order chi connectivity index (χ1) is 15.1. The highest BCUT2D eigenvalue weighted by Gasteiger charge is 2.42. The average molecular weight is 416 g/mol. The van der Waals surface area contributed by atoms with Crippen molar-refractivity contribution < 1.29 is 19.3 Å². The number of aryl methyl sites for hydroxylation is 1. The van der Waals surface area contributed by atoms with Gasteiger partial charge in [-0.2, -0.15) is 5.10 Å². The third-order valence-corrected chi connectivity index (χ3v) is 5.84. The number of hydrogen-bond acceptors (Lipinski definition) is 6. The second-order valence-corrected chi connectivity index (χ2v) is 7.79. The van der Waals surface area contributed by atoms with Crippen LogP contribution >= 0.6 is 0 Å². The topological polar surface area (TPSA) is 63.5 Å². The van der Waals surface area contributed by atoms with E-state index in [1.165, 1.54) is 0 Å².